The molecule has 194 valence electrons. The van der Waals surface area contributed by atoms with Crippen LogP contribution in [0.3, 0.4) is 0 Å². The van der Waals surface area contributed by atoms with Gasteiger partial charge >= 0.3 is 0 Å². The topological polar surface area (TPSA) is 27.7 Å². The Morgan fingerprint density at radius 2 is 1.03 bits per heavy atom. The number of hydrogen-bond donors (Lipinski definition) is 0. The van der Waals surface area contributed by atoms with Gasteiger partial charge < -0.3 is 14.2 Å². The summed E-state index contributed by atoms with van der Waals surface area (Å²) in [5.74, 6) is -0.667. The van der Waals surface area contributed by atoms with Crippen LogP contribution in [-0.2, 0) is 14.2 Å². The Kier molecular flexibility index (Phi) is 7.50. The molecule has 0 bridgehead atoms. The molecular formula is C33H34O3P2. The molecule has 0 amide bonds. The fourth-order valence-electron chi connectivity index (χ4n) is 5.82. The molecule has 0 aromatic heterocycles. The van der Waals surface area contributed by atoms with Gasteiger partial charge in [-0.25, -0.2) is 0 Å². The fraction of sp³-hybridized carbons (Fsp3) is 0.273. The third-order valence-corrected chi connectivity index (χ3v) is 13.1. The molecule has 5 atom stereocenters. The Bertz CT molecular complexity index is 1240. The van der Waals surface area contributed by atoms with Gasteiger partial charge in [0.05, 0.1) is 6.10 Å². The normalized spacial score (nSPS) is 25.0. The molecule has 3 nitrogen and oxygen atoms in total. The van der Waals surface area contributed by atoms with Crippen LogP contribution < -0.4 is 21.2 Å². The Hall–Kier alpha value is -2.38. The van der Waals surface area contributed by atoms with E-state index in [1.807, 2.05) is 13.8 Å². The number of hydrogen-bond acceptors (Lipinski definition) is 3. The lowest BCUT2D eigenvalue weighted by atomic mass is 10.1. The van der Waals surface area contributed by atoms with Crippen LogP contribution in [-0.4, -0.2) is 35.6 Å². The minimum Gasteiger partial charge on any atom is -0.345 e. The Labute approximate surface area is 228 Å². The highest BCUT2D eigenvalue weighted by molar-refractivity contribution is 7.74. The van der Waals surface area contributed by atoms with Crippen molar-refractivity contribution >= 4 is 37.1 Å². The van der Waals surface area contributed by atoms with Crippen molar-refractivity contribution in [2.24, 2.45) is 0 Å². The minimum atomic E-state index is -0.779. The van der Waals surface area contributed by atoms with Crippen LogP contribution in [0.25, 0.3) is 0 Å². The summed E-state index contributed by atoms with van der Waals surface area (Å²) in [6.45, 7) is 6.37. The lowest BCUT2D eigenvalue weighted by molar-refractivity contribution is -0.203. The van der Waals surface area contributed by atoms with Crippen LogP contribution in [0.15, 0.2) is 121 Å². The first kappa shape index (κ1) is 25.9. The van der Waals surface area contributed by atoms with Crippen LogP contribution in [0, 0.1) is 0 Å². The summed E-state index contributed by atoms with van der Waals surface area (Å²) >= 11 is 0. The van der Waals surface area contributed by atoms with Crippen molar-refractivity contribution in [3.63, 3.8) is 0 Å². The van der Waals surface area contributed by atoms with Gasteiger partial charge in [0, 0.05) is 11.3 Å². The molecule has 4 aromatic carbocycles. The van der Waals surface area contributed by atoms with E-state index in [-0.39, 0.29) is 29.8 Å². The van der Waals surface area contributed by atoms with Crippen molar-refractivity contribution in [3.05, 3.63) is 121 Å². The quantitative estimate of drug-likeness (QED) is 0.274. The van der Waals surface area contributed by atoms with Crippen LogP contribution in [0.2, 0.25) is 0 Å². The van der Waals surface area contributed by atoms with E-state index in [2.05, 4.69) is 128 Å². The summed E-state index contributed by atoms with van der Waals surface area (Å²) in [6, 6.07) is 43.7. The summed E-state index contributed by atoms with van der Waals surface area (Å²) in [4.78, 5) is 0. The third-order valence-electron chi connectivity index (χ3n) is 7.37. The molecule has 2 aliphatic rings. The Balaban J connectivity index is 1.47. The van der Waals surface area contributed by atoms with Crippen molar-refractivity contribution in [2.45, 2.75) is 56.4 Å². The molecule has 0 N–H and O–H groups in total. The lowest BCUT2D eigenvalue weighted by Gasteiger charge is -2.38. The first-order valence-electron chi connectivity index (χ1n) is 13.3. The van der Waals surface area contributed by atoms with Crippen LogP contribution in [0.1, 0.15) is 20.8 Å². The molecule has 0 spiro atoms. The Morgan fingerprint density at radius 3 is 1.47 bits per heavy atom. The molecule has 2 fully saturated rings. The lowest BCUT2D eigenvalue weighted by Crippen LogP contribution is -2.43. The minimum absolute atomic E-state index is 0.0286. The van der Waals surface area contributed by atoms with E-state index in [0.29, 0.717) is 0 Å². The highest BCUT2D eigenvalue weighted by atomic mass is 31.1. The Morgan fingerprint density at radius 1 is 0.605 bits per heavy atom. The first-order valence-corrected chi connectivity index (χ1v) is 16.1. The molecular weight excluding hydrogens is 506 g/mol. The number of benzene rings is 4. The van der Waals surface area contributed by atoms with Crippen LogP contribution in [0.4, 0.5) is 0 Å². The zero-order valence-corrected chi connectivity index (χ0v) is 23.8. The number of rotatable bonds is 7. The van der Waals surface area contributed by atoms with Crippen LogP contribution in [0.5, 0.6) is 0 Å². The zero-order valence-electron chi connectivity index (χ0n) is 22.1. The van der Waals surface area contributed by atoms with E-state index in [0.717, 1.165) is 0 Å². The molecule has 0 unspecified atom stereocenters. The van der Waals surface area contributed by atoms with Crippen LogP contribution >= 0.6 is 15.8 Å². The molecule has 2 saturated heterocycles. The van der Waals surface area contributed by atoms with E-state index in [9.17, 15) is 0 Å². The number of ether oxygens (including phenoxy) is 3. The molecule has 0 aliphatic carbocycles. The van der Waals surface area contributed by atoms with Gasteiger partial charge in [0.1, 0.15) is 6.10 Å². The van der Waals surface area contributed by atoms with Crippen molar-refractivity contribution in [3.8, 4) is 0 Å². The predicted octanol–water partition coefficient (Wildman–Crippen LogP) is 5.89. The molecule has 0 saturated carbocycles. The summed E-state index contributed by atoms with van der Waals surface area (Å²) in [7, 11) is -1.46. The van der Waals surface area contributed by atoms with Gasteiger partial charge in [0.15, 0.2) is 12.1 Å². The highest BCUT2D eigenvalue weighted by Gasteiger charge is 2.59. The maximum absolute atomic E-state index is 6.93. The second-order valence-electron chi connectivity index (χ2n) is 10.4. The molecule has 2 aliphatic heterocycles. The van der Waals surface area contributed by atoms with Gasteiger partial charge in [-0.3, -0.25) is 0 Å². The van der Waals surface area contributed by atoms with E-state index >= 15 is 0 Å². The van der Waals surface area contributed by atoms with E-state index in [1.165, 1.54) is 21.2 Å². The number of fused-ring (bicyclic) bond motifs is 1. The summed E-state index contributed by atoms with van der Waals surface area (Å²) in [5.41, 5.74) is 0.395. The molecule has 0 radical (unpaired) electrons. The standard InChI is InChI=1S/C33H34O3P2/c1-24(37(25-16-8-4-9-17-25)26-18-10-5-11-19-26)29-31(30-32(34-29)36-33(2,3)35-30)38(27-20-12-6-13-21-27)28-22-14-7-15-23-28/h4-24,29-32H,1-3H3/t24-,29+,30+,31-,32+/m0/s1. The largest absolute Gasteiger partial charge is 0.345 e. The van der Waals surface area contributed by atoms with Gasteiger partial charge in [-0.05, 0) is 50.9 Å². The average Bonchev–Trinajstić information content (AvgIpc) is 3.43. The maximum atomic E-state index is 6.93. The van der Waals surface area contributed by atoms with E-state index in [4.69, 9.17) is 14.2 Å². The molecule has 6 rings (SSSR count). The summed E-state index contributed by atoms with van der Waals surface area (Å²) in [6.07, 6.45) is -0.533. The van der Waals surface area contributed by atoms with Gasteiger partial charge in [0.25, 0.3) is 0 Å². The van der Waals surface area contributed by atoms with Gasteiger partial charge in [-0.1, -0.05) is 128 Å². The smallest absolute Gasteiger partial charge is 0.188 e. The highest BCUT2D eigenvalue weighted by Crippen LogP contribution is 2.56. The molecule has 2 heterocycles. The van der Waals surface area contributed by atoms with Crippen molar-refractivity contribution < 1.29 is 14.2 Å². The second kappa shape index (κ2) is 11.0. The zero-order chi connectivity index (χ0) is 26.1. The second-order valence-corrected chi connectivity index (χ2v) is 15.3. The monoisotopic (exact) mass is 540 g/mol. The van der Waals surface area contributed by atoms with Gasteiger partial charge in [-0.15, -0.1) is 0 Å². The molecule has 38 heavy (non-hydrogen) atoms. The van der Waals surface area contributed by atoms with Gasteiger partial charge in [-0.2, -0.15) is 0 Å². The SMILES string of the molecule is C[C@@H]([C@H]1O[C@@H]2OC(C)(C)O[C@@H]2[C@H]1P(c1ccccc1)c1ccccc1)P(c1ccccc1)c1ccccc1. The van der Waals surface area contributed by atoms with Gasteiger partial charge in [0.2, 0.25) is 0 Å². The first-order chi connectivity index (χ1) is 18.5. The summed E-state index contributed by atoms with van der Waals surface area (Å²) in [5, 5.41) is 5.42. The third kappa shape index (κ3) is 5.12. The van der Waals surface area contributed by atoms with E-state index < -0.39 is 21.6 Å². The fourth-order valence-corrected chi connectivity index (χ4v) is 11.8. The van der Waals surface area contributed by atoms with E-state index in [1.54, 1.807) is 0 Å². The maximum Gasteiger partial charge on any atom is 0.188 e. The van der Waals surface area contributed by atoms with Crippen molar-refractivity contribution in [2.75, 3.05) is 0 Å². The molecule has 5 heteroatoms. The van der Waals surface area contributed by atoms with Crippen molar-refractivity contribution in [1.29, 1.82) is 0 Å². The average molecular weight is 541 g/mol. The predicted molar refractivity (Wildman–Crippen MR) is 160 cm³/mol. The summed E-state index contributed by atoms with van der Waals surface area (Å²) < 4.78 is 20.0. The molecule has 4 aromatic rings. The van der Waals surface area contributed by atoms with Crippen molar-refractivity contribution in [1.82, 2.24) is 0 Å².